The SMILES string of the molecule is CC(=O)O[C@@H](C)/C=C\C(=O)N[C@@H]1CC[C@H](C/C=C(C)/C=C/[C@H]2O[C@](C)(I)C[C@@]3(CO3)[C@@H]2O)O[C@@H]1C. The summed E-state index contributed by atoms with van der Waals surface area (Å²) in [6.07, 6.45) is 10.6. The van der Waals surface area contributed by atoms with Crippen molar-refractivity contribution in [3.8, 4) is 0 Å². The van der Waals surface area contributed by atoms with E-state index in [2.05, 4.69) is 34.0 Å². The fraction of sp³-hybridized carbons (Fsp3) is 0.692. The van der Waals surface area contributed by atoms with Crippen LogP contribution in [0.15, 0.2) is 36.0 Å². The van der Waals surface area contributed by atoms with Crippen LogP contribution >= 0.6 is 22.6 Å². The Bertz CT molecular complexity index is 864. The predicted molar refractivity (Wildman–Crippen MR) is 140 cm³/mol. The molecule has 3 heterocycles. The number of aliphatic hydroxyl groups is 1. The maximum absolute atomic E-state index is 12.2. The van der Waals surface area contributed by atoms with Gasteiger partial charge in [0, 0.05) is 19.4 Å². The highest BCUT2D eigenvalue weighted by Gasteiger charge is 2.60. The average molecular weight is 603 g/mol. The number of esters is 1. The molecule has 0 unspecified atom stereocenters. The summed E-state index contributed by atoms with van der Waals surface area (Å²) < 4.78 is 22.4. The number of nitrogens with one attached hydrogen (secondary N) is 1. The number of aliphatic hydroxyl groups excluding tert-OH is 1. The molecule has 3 saturated heterocycles. The zero-order valence-electron chi connectivity index (χ0n) is 21.2. The number of amides is 1. The third-order valence-corrected chi connectivity index (χ3v) is 7.22. The van der Waals surface area contributed by atoms with E-state index in [1.165, 1.54) is 13.0 Å². The summed E-state index contributed by atoms with van der Waals surface area (Å²) in [7, 11) is 0. The summed E-state index contributed by atoms with van der Waals surface area (Å²) in [5.41, 5.74) is 0.612. The highest BCUT2D eigenvalue weighted by molar-refractivity contribution is 14.1. The van der Waals surface area contributed by atoms with Crippen molar-refractivity contribution in [2.24, 2.45) is 0 Å². The number of ether oxygens (including phenoxy) is 4. The second kappa shape index (κ2) is 11.9. The quantitative estimate of drug-likeness (QED) is 0.109. The largest absolute Gasteiger partial charge is 0.459 e. The van der Waals surface area contributed by atoms with Gasteiger partial charge in [0.2, 0.25) is 5.91 Å². The first kappa shape index (κ1) is 28.3. The zero-order valence-corrected chi connectivity index (χ0v) is 23.3. The van der Waals surface area contributed by atoms with E-state index in [1.54, 1.807) is 13.0 Å². The molecule has 3 aliphatic heterocycles. The summed E-state index contributed by atoms with van der Waals surface area (Å²) >= 11 is 2.28. The number of epoxide rings is 1. The van der Waals surface area contributed by atoms with Gasteiger partial charge in [0.25, 0.3) is 0 Å². The smallest absolute Gasteiger partial charge is 0.303 e. The van der Waals surface area contributed by atoms with Crippen molar-refractivity contribution in [2.75, 3.05) is 6.61 Å². The minimum atomic E-state index is -0.663. The standard InChI is InChI=1S/C26H38INO7/c1-16(7-12-22-24(31)26(15-32-26)14-25(5,27)35-22)6-9-20-10-11-21(18(3)34-20)28-23(30)13-8-17(2)33-19(4)29/h6-8,12-13,17-18,20-22,24,31H,9-11,14-15H2,1-5H3,(H,28,30)/b12-7+,13-8-,16-6+/t17-,18+,20-,21+,22+,24+,25-,26+/m0/s1. The number of rotatable bonds is 8. The number of halogens is 1. The van der Waals surface area contributed by atoms with Crippen LogP contribution in [0.3, 0.4) is 0 Å². The van der Waals surface area contributed by atoms with Crippen LogP contribution in [-0.4, -0.2) is 69.4 Å². The molecule has 8 nitrogen and oxygen atoms in total. The molecule has 0 aromatic heterocycles. The summed E-state index contributed by atoms with van der Waals surface area (Å²) in [5, 5.41) is 13.6. The molecule has 0 aromatic rings. The average Bonchev–Trinajstić information content (AvgIpc) is 3.53. The van der Waals surface area contributed by atoms with Crippen molar-refractivity contribution < 1.29 is 33.6 Å². The first-order valence-corrected chi connectivity index (χ1v) is 13.3. The molecule has 0 radical (unpaired) electrons. The Morgan fingerprint density at radius 3 is 2.63 bits per heavy atom. The number of hydrogen-bond acceptors (Lipinski definition) is 7. The number of carbonyl (C=O) groups is 2. The maximum atomic E-state index is 12.2. The van der Waals surface area contributed by atoms with Gasteiger partial charge in [0.1, 0.15) is 27.5 Å². The highest BCUT2D eigenvalue weighted by Crippen LogP contribution is 2.48. The maximum Gasteiger partial charge on any atom is 0.303 e. The molecule has 196 valence electrons. The minimum Gasteiger partial charge on any atom is -0.459 e. The van der Waals surface area contributed by atoms with Gasteiger partial charge in [-0.3, -0.25) is 9.59 Å². The van der Waals surface area contributed by atoms with Crippen molar-refractivity contribution >= 4 is 34.5 Å². The molecule has 1 spiro atoms. The molecule has 0 aromatic carbocycles. The van der Waals surface area contributed by atoms with Gasteiger partial charge in [-0.05, 0) is 75.6 Å². The third kappa shape index (κ3) is 8.38. The molecule has 1 amide bonds. The molecule has 35 heavy (non-hydrogen) atoms. The molecule has 0 saturated carbocycles. The highest BCUT2D eigenvalue weighted by atomic mass is 127. The van der Waals surface area contributed by atoms with Gasteiger partial charge in [-0.1, -0.05) is 23.8 Å². The summed E-state index contributed by atoms with van der Waals surface area (Å²) in [5.74, 6) is -0.607. The van der Waals surface area contributed by atoms with E-state index in [9.17, 15) is 14.7 Å². The van der Waals surface area contributed by atoms with Crippen molar-refractivity contribution in [2.45, 2.75) is 106 Å². The molecule has 3 rings (SSSR count). The van der Waals surface area contributed by atoms with E-state index in [0.29, 0.717) is 13.0 Å². The number of carbonyl (C=O) groups excluding carboxylic acids is 2. The fourth-order valence-electron chi connectivity index (χ4n) is 4.65. The van der Waals surface area contributed by atoms with E-state index in [0.717, 1.165) is 24.8 Å². The molecule has 2 N–H and O–H groups in total. The third-order valence-electron chi connectivity index (χ3n) is 6.59. The molecule has 9 heteroatoms. The Morgan fingerprint density at radius 2 is 2.00 bits per heavy atom. The van der Waals surface area contributed by atoms with E-state index < -0.39 is 23.9 Å². The Hall–Kier alpha value is -1.27. The second-order valence-electron chi connectivity index (χ2n) is 10.0. The number of hydrogen-bond donors (Lipinski definition) is 2. The lowest BCUT2D eigenvalue weighted by molar-refractivity contribution is -0.143. The predicted octanol–water partition coefficient (Wildman–Crippen LogP) is 3.51. The van der Waals surface area contributed by atoms with Crippen LogP contribution in [-0.2, 0) is 28.5 Å². The van der Waals surface area contributed by atoms with Crippen LogP contribution in [0.25, 0.3) is 0 Å². The lowest BCUT2D eigenvalue weighted by Gasteiger charge is -2.40. The van der Waals surface area contributed by atoms with Crippen molar-refractivity contribution in [3.63, 3.8) is 0 Å². The first-order chi connectivity index (χ1) is 16.4. The van der Waals surface area contributed by atoms with Crippen LogP contribution in [0, 0.1) is 0 Å². The Kier molecular flexibility index (Phi) is 9.58. The fourth-order valence-corrected chi connectivity index (χ4v) is 5.59. The number of alkyl halides is 1. The summed E-state index contributed by atoms with van der Waals surface area (Å²) in [6.45, 7) is 9.63. The van der Waals surface area contributed by atoms with Crippen molar-refractivity contribution in [1.82, 2.24) is 5.32 Å². The van der Waals surface area contributed by atoms with Crippen molar-refractivity contribution in [3.05, 3.63) is 36.0 Å². The van der Waals surface area contributed by atoms with Gasteiger partial charge in [-0.25, -0.2) is 0 Å². The van der Waals surface area contributed by atoms with E-state index in [-0.39, 0.29) is 33.7 Å². The van der Waals surface area contributed by atoms with E-state index in [4.69, 9.17) is 18.9 Å². The molecule has 3 aliphatic rings. The van der Waals surface area contributed by atoms with Gasteiger partial charge < -0.3 is 29.4 Å². The minimum absolute atomic E-state index is 0.0677. The second-order valence-corrected chi connectivity index (χ2v) is 12.3. The summed E-state index contributed by atoms with van der Waals surface area (Å²) in [6, 6.07) is -0.0677. The molecule has 0 aliphatic carbocycles. The van der Waals surface area contributed by atoms with Crippen LogP contribution in [0.2, 0.25) is 0 Å². The van der Waals surface area contributed by atoms with E-state index in [1.807, 2.05) is 32.9 Å². The Balaban J connectivity index is 1.44. The zero-order chi connectivity index (χ0) is 25.8. The monoisotopic (exact) mass is 603 g/mol. The van der Waals surface area contributed by atoms with Gasteiger partial charge in [0.05, 0.1) is 24.9 Å². The Morgan fingerprint density at radius 1 is 1.29 bits per heavy atom. The number of allylic oxidation sites excluding steroid dienone is 2. The van der Waals surface area contributed by atoms with Crippen LogP contribution < -0.4 is 5.32 Å². The van der Waals surface area contributed by atoms with Crippen molar-refractivity contribution in [1.29, 1.82) is 0 Å². The van der Waals surface area contributed by atoms with Crippen LogP contribution in [0.1, 0.15) is 60.3 Å². The normalized spacial score (nSPS) is 38.6. The van der Waals surface area contributed by atoms with Gasteiger partial charge >= 0.3 is 5.97 Å². The molecule has 0 bridgehead atoms. The van der Waals surface area contributed by atoms with Crippen LogP contribution in [0.4, 0.5) is 0 Å². The first-order valence-electron chi connectivity index (χ1n) is 12.2. The summed E-state index contributed by atoms with van der Waals surface area (Å²) in [4.78, 5) is 23.2. The van der Waals surface area contributed by atoms with E-state index >= 15 is 0 Å². The lowest BCUT2D eigenvalue weighted by atomic mass is 9.89. The molecule has 3 fully saturated rings. The lowest BCUT2D eigenvalue weighted by Crippen LogP contribution is -2.52. The topological polar surface area (TPSA) is 107 Å². The van der Waals surface area contributed by atoms with Gasteiger partial charge in [0.15, 0.2) is 0 Å². The van der Waals surface area contributed by atoms with Crippen LogP contribution in [0.5, 0.6) is 0 Å². The molecular weight excluding hydrogens is 565 g/mol. The van der Waals surface area contributed by atoms with Gasteiger partial charge in [-0.2, -0.15) is 0 Å². The Labute approximate surface area is 221 Å². The molecule has 8 atom stereocenters. The molecular formula is C26H38INO7. The van der Waals surface area contributed by atoms with Gasteiger partial charge in [-0.15, -0.1) is 0 Å².